The quantitative estimate of drug-likeness (QED) is 0.104. The number of hydrogen-bond donors (Lipinski definition) is 6. The zero-order chi connectivity index (χ0) is 28.4. The van der Waals surface area contributed by atoms with Crippen LogP contribution in [0, 0.1) is 10.1 Å². The summed E-state index contributed by atoms with van der Waals surface area (Å²) in [7, 11) is 0. The van der Waals surface area contributed by atoms with Gasteiger partial charge in [0.25, 0.3) is 5.95 Å². The average molecular weight is 554 g/mol. The van der Waals surface area contributed by atoms with Gasteiger partial charge in [0.05, 0.1) is 36.0 Å². The van der Waals surface area contributed by atoms with Crippen LogP contribution in [0.4, 0.5) is 11.5 Å². The Balaban J connectivity index is 1.55. The van der Waals surface area contributed by atoms with Crippen molar-refractivity contribution in [3.05, 3.63) is 64.7 Å². The van der Waals surface area contributed by atoms with E-state index in [4.69, 9.17) is 5.11 Å². The number of rotatable bonds is 10. The third-order valence-corrected chi connectivity index (χ3v) is 6.78. The Labute approximate surface area is 226 Å². The Morgan fingerprint density at radius 1 is 1.18 bits per heavy atom. The summed E-state index contributed by atoms with van der Waals surface area (Å²) < 4.78 is 2.64. The minimum Gasteiger partial charge on any atom is -0.394 e. The van der Waals surface area contributed by atoms with Crippen LogP contribution in [-0.2, 0) is 11.2 Å². The molecule has 0 spiro atoms. The van der Waals surface area contributed by atoms with E-state index in [1.165, 1.54) is 10.9 Å². The van der Waals surface area contributed by atoms with Gasteiger partial charge >= 0.3 is 5.69 Å². The number of amides is 1. The predicted octanol–water partition coefficient (Wildman–Crippen LogP) is -0.921. The first-order valence-electron chi connectivity index (χ1n) is 12.4. The molecule has 16 heteroatoms. The van der Waals surface area contributed by atoms with Crippen LogP contribution in [0.25, 0.3) is 17.1 Å². The molecule has 0 unspecified atom stereocenters. The molecule has 1 saturated carbocycles. The molecule has 210 valence electrons. The summed E-state index contributed by atoms with van der Waals surface area (Å²) in [5.41, 5.74) is 1.18. The fourth-order valence-electron chi connectivity index (χ4n) is 4.80. The minimum absolute atomic E-state index is 0.0422. The van der Waals surface area contributed by atoms with Gasteiger partial charge in [-0.25, -0.2) is 4.98 Å². The van der Waals surface area contributed by atoms with Gasteiger partial charge in [0.15, 0.2) is 17.0 Å². The van der Waals surface area contributed by atoms with E-state index in [1.807, 2.05) is 30.3 Å². The Bertz CT molecular complexity index is 1510. The largest absolute Gasteiger partial charge is 0.394 e. The molecule has 1 fully saturated rings. The highest BCUT2D eigenvalue weighted by atomic mass is 16.6. The van der Waals surface area contributed by atoms with Gasteiger partial charge in [-0.2, -0.15) is 19.7 Å². The number of carbonyl (C=O) groups is 1. The molecule has 5 atom stereocenters. The van der Waals surface area contributed by atoms with E-state index in [1.54, 1.807) is 0 Å². The summed E-state index contributed by atoms with van der Waals surface area (Å²) in [6.45, 7) is -1.02. The Morgan fingerprint density at radius 3 is 2.62 bits per heavy atom. The van der Waals surface area contributed by atoms with Crippen LogP contribution in [0.3, 0.4) is 0 Å². The number of hydrogen-bond acceptors (Lipinski definition) is 12. The maximum Gasteiger partial charge on any atom is 0.307 e. The van der Waals surface area contributed by atoms with Crippen LogP contribution >= 0.6 is 0 Å². The molecule has 4 aromatic rings. The number of nitro groups is 1. The number of nitrogens with zero attached hydrogens (tertiary/aromatic N) is 7. The van der Waals surface area contributed by atoms with E-state index in [0.29, 0.717) is 6.42 Å². The molecule has 3 heterocycles. The Kier molecular flexibility index (Phi) is 7.65. The van der Waals surface area contributed by atoms with Gasteiger partial charge in [-0.1, -0.05) is 30.3 Å². The summed E-state index contributed by atoms with van der Waals surface area (Å²) >= 11 is 0. The van der Waals surface area contributed by atoms with E-state index in [2.05, 4.69) is 30.7 Å². The van der Waals surface area contributed by atoms with Gasteiger partial charge in [-0.15, -0.1) is 0 Å². The lowest BCUT2D eigenvalue weighted by Gasteiger charge is -2.19. The summed E-state index contributed by atoms with van der Waals surface area (Å²) in [6, 6.07) is 7.39. The average Bonchev–Trinajstić information content (AvgIpc) is 3.68. The molecular formula is C24H27N9O7. The lowest BCUT2D eigenvalue weighted by Crippen LogP contribution is -2.44. The maximum atomic E-state index is 11.7. The lowest BCUT2D eigenvalue weighted by atomic mass is 10.1. The van der Waals surface area contributed by atoms with E-state index >= 15 is 0 Å². The van der Waals surface area contributed by atoms with E-state index in [9.17, 15) is 30.2 Å². The summed E-state index contributed by atoms with van der Waals surface area (Å²) in [6.07, 6.45) is 1.51. The zero-order valence-corrected chi connectivity index (χ0v) is 21.0. The molecular weight excluding hydrogens is 526 g/mol. The first-order valence-corrected chi connectivity index (χ1v) is 12.4. The molecule has 1 amide bonds. The lowest BCUT2D eigenvalue weighted by molar-refractivity contribution is -0.384. The number of nitrogens with one attached hydrogen (secondary N) is 2. The number of anilines is 1. The Morgan fingerprint density at radius 2 is 1.95 bits per heavy atom. The van der Waals surface area contributed by atoms with Crippen molar-refractivity contribution in [2.24, 2.45) is 0 Å². The van der Waals surface area contributed by atoms with E-state index in [-0.39, 0.29) is 41.6 Å². The van der Waals surface area contributed by atoms with E-state index < -0.39 is 47.8 Å². The number of aliphatic hydroxyl groups is 4. The van der Waals surface area contributed by atoms with Gasteiger partial charge in [-0.05, 0) is 18.4 Å². The molecule has 16 nitrogen and oxygen atoms in total. The van der Waals surface area contributed by atoms with Crippen molar-refractivity contribution in [2.75, 3.05) is 18.5 Å². The molecule has 6 N–H and O–H groups in total. The molecule has 40 heavy (non-hydrogen) atoms. The molecule has 0 aliphatic heterocycles. The molecule has 5 rings (SSSR count). The normalized spacial score (nSPS) is 21.4. The summed E-state index contributed by atoms with van der Waals surface area (Å²) in [4.78, 5) is 35.7. The first-order chi connectivity index (χ1) is 19.3. The highest BCUT2D eigenvalue weighted by Gasteiger charge is 2.44. The molecule has 1 aliphatic carbocycles. The Hall–Kier alpha value is -4.51. The molecule has 0 radical (unpaired) electrons. The van der Waals surface area contributed by atoms with Crippen molar-refractivity contribution in [1.29, 1.82) is 0 Å². The monoisotopic (exact) mass is 553 g/mol. The number of carbonyl (C=O) groups excluding carboxylic acids is 1. The van der Waals surface area contributed by atoms with Gasteiger partial charge in [-0.3, -0.25) is 14.9 Å². The van der Waals surface area contributed by atoms with Crippen molar-refractivity contribution in [3.63, 3.8) is 0 Å². The van der Waals surface area contributed by atoms with Crippen molar-refractivity contribution in [2.45, 2.75) is 43.2 Å². The van der Waals surface area contributed by atoms with E-state index in [0.717, 1.165) is 22.6 Å². The van der Waals surface area contributed by atoms with Crippen LogP contribution in [0.5, 0.6) is 0 Å². The van der Waals surface area contributed by atoms with Crippen molar-refractivity contribution >= 4 is 28.6 Å². The second kappa shape index (κ2) is 11.3. The fourth-order valence-corrected chi connectivity index (χ4v) is 4.80. The molecule has 0 bridgehead atoms. The minimum atomic E-state index is -1.32. The molecule has 0 saturated heterocycles. The summed E-state index contributed by atoms with van der Waals surface area (Å²) in [5.74, 6) is -0.526. The topological polar surface area (TPSA) is 227 Å². The van der Waals surface area contributed by atoms with Gasteiger partial charge in [0.1, 0.15) is 31.2 Å². The second-order valence-corrected chi connectivity index (χ2v) is 9.43. The van der Waals surface area contributed by atoms with Gasteiger partial charge < -0.3 is 35.6 Å². The van der Waals surface area contributed by atoms with Crippen LogP contribution in [0.15, 0.2) is 49.1 Å². The number of fused-ring (bicyclic) bond motifs is 1. The third-order valence-electron chi connectivity index (χ3n) is 6.78. The van der Waals surface area contributed by atoms with Crippen molar-refractivity contribution in [1.82, 2.24) is 34.6 Å². The summed E-state index contributed by atoms with van der Waals surface area (Å²) in [5, 5.41) is 61.4. The maximum absolute atomic E-state index is 11.7. The third kappa shape index (κ3) is 5.32. The van der Waals surface area contributed by atoms with Crippen LogP contribution in [0.1, 0.15) is 18.0 Å². The second-order valence-electron chi connectivity index (χ2n) is 9.43. The SMILES string of the molecule is O=C(CO)N[C@H]1C[C@@H](n2cnc3c(N[C@H](CO)Cc4ccccc4)nc(-n4cc([N+](=O)[O-])cn4)nc32)[C@H](O)[C@@H]1O. The fraction of sp³-hybridized carbons (Fsp3) is 0.375. The zero-order valence-electron chi connectivity index (χ0n) is 21.0. The number of aromatic nitrogens is 6. The highest BCUT2D eigenvalue weighted by Crippen LogP contribution is 2.34. The highest BCUT2D eigenvalue weighted by molar-refractivity contribution is 5.84. The standard InChI is InChI=1S/C24H27N9O7/c34-10-14(6-13-4-2-1-3-5-13)27-22-19-23(30-24(29-22)32-9-15(8-26-32)33(39)40)31(12-25-19)17-7-16(20(37)21(17)38)28-18(36)11-35/h1-5,8-9,12,14,16-17,20-21,34-35,37-38H,6-7,10-11H2,(H,28,36)(H,27,29,30)/t14-,16-,17+,20+,21-/m0/s1. The molecule has 3 aromatic heterocycles. The first kappa shape index (κ1) is 27.1. The van der Waals surface area contributed by atoms with Gasteiger partial charge in [0.2, 0.25) is 5.91 Å². The van der Waals surface area contributed by atoms with Crippen LogP contribution in [0.2, 0.25) is 0 Å². The molecule has 1 aliphatic rings. The van der Waals surface area contributed by atoms with Crippen LogP contribution < -0.4 is 10.6 Å². The smallest absolute Gasteiger partial charge is 0.307 e. The predicted molar refractivity (Wildman–Crippen MR) is 138 cm³/mol. The van der Waals surface area contributed by atoms with Crippen molar-refractivity contribution < 1.29 is 30.1 Å². The molecule has 1 aromatic carbocycles. The number of imidazole rings is 1. The number of aliphatic hydroxyl groups excluding tert-OH is 4. The van der Waals surface area contributed by atoms with Crippen LogP contribution in [-0.4, -0.2) is 98.1 Å². The number of benzene rings is 1. The van der Waals surface area contributed by atoms with Gasteiger partial charge in [0, 0.05) is 0 Å². The van der Waals surface area contributed by atoms with Crippen molar-refractivity contribution in [3.8, 4) is 5.95 Å².